The lowest BCUT2D eigenvalue weighted by Gasteiger charge is -2.15. The molecule has 0 saturated heterocycles. The highest BCUT2D eigenvalue weighted by Crippen LogP contribution is 2.26. The van der Waals surface area contributed by atoms with E-state index in [2.05, 4.69) is 0 Å². The minimum atomic E-state index is -1.25. The summed E-state index contributed by atoms with van der Waals surface area (Å²) in [6, 6.07) is 3.52. The first-order valence-corrected chi connectivity index (χ1v) is 4.60. The van der Waals surface area contributed by atoms with Gasteiger partial charge in [-0.3, -0.25) is 4.79 Å². The van der Waals surface area contributed by atoms with Crippen LogP contribution in [0.2, 0.25) is 0 Å². The number of methoxy groups -OCH3 is 1. The summed E-state index contributed by atoms with van der Waals surface area (Å²) in [5, 5.41) is 9.61. The highest BCUT2D eigenvalue weighted by molar-refractivity contribution is 5.81. The molecule has 0 aliphatic carbocycles. The molecule has 82 valence electrons. The Morgan fingerprint density at radius 1 is 1.40 bits per heavy atom. The van der Waals surface area contributed by atoms with Crippen molar-refractivity contribution >= 4 is 5.91 Å². The molecule has 0 aliphatic rings. The van der Waals surface area contributed by atoms with Crippen molar-refractivity contribution in [3.05, 3.63) is 28.8 Å². The van der Waals surface area contributed by atoms with Crippen molar-refractivity contribution in [2.75, 3.05) is 7.11 Å². The number of amides is 1. The fraction of sp³-hybridized carbons (Fsp3) is 0.364. The number of rotatable bonds is 3. The molecule has 0 heterocycles. The molecule has 0 aromatic heterocycles. The Bertz CT molecular complexity index is 364. The number of primary amides is 1. The van der Waals surface area contributed by atoms with Crippen molar-refractivity contribution in [2.24, 2.45) is 5.73 Å². The van der Waals surface area contributed by atoms with Gasteiger partial charge in [-0.05, 0) is 42.7 Å². The van der Waals surface area contributed by atoms with Crippen LogP contribution in [0.25, 0.3) is 0 Å². The van der Waals surface area contributed by atoms with Gasteiger partial charge in [0.2, 0.25) is 0 Å². The van der Waals surface area contributed by atoms with Crippen molar-refractivity contribution in [1.29, 1.82) is 0 Å². The second-order valence-corrected chi connectivity index (χ2v) is 3.48. The lowest BCUT2D eigenvalue weighted by molar-refractivity contribution is -0.126. The van der Waals surface area contributed by atoms with Crippen LogP contribution < -0.4 is 10.5 Å². The van der Waals surface area contributed by atoms with E-state index in [0.29, 0.717) is 11.3 Å². The summed E-state index contributed by atoms with van der Waals surface area (Å²) < 4.78 is 5.07. The highest BCUT2D eigenvalue weighted by Gasteiger charge is 2.19. The van der Waals surface area contributed by atoms with Gasteiger partial charge in [0, 0.05) is 0 Å². The summed E-state index contributed by atoms with van der Waals surface area (Å²) in [6.45, 7) is 3.61. The zero-order chi connectivity index (χ0) is 11.6. The molecule has 3 N–H and O–H groups in total. The predicted molar refractivity (Wildman–Crippen MR) is 56.6 cm³/mol. The van der Waals surface area contributed by atoms with Crippen LogP contribution in [0.5, 0.6) is 5.75 Å². The van der Waals surface area contributed by atoms with Gasteiger partial charge in [-0.25, -0.2) is 0 Å². The summed E-state index contributed by atoms with van der Waals surface area (Å²) in [5.41, 5.74) is 7.19. The molecule has 0 spiro atoms. The van der Waals surface area contributed by atoms with Crippen molar-refractivity contribution in [3.63, 3.8) is 0 Å². The van der Waals surface area contributed by atoms with E-state index in [-0.39, 0.29) is 0 Å². The first-order valence-electron chi connectivity index (χ1n) is 4.60. The molecule has 4 heteroatoms. The van der Waals surface area contributed by atoms with Crippen molar-refractivity contribution in [3.8, 4) is 5.75 Å². The van der Waals surface area contributed by atoms with Crippen LogP contribution >= 0.6 is 0 Å². The molecule has 1 atom stereocenters. The van der Waals surface area contributed by atoms with Crippen molar-refractivity contribution in [2.45, 2.75) is 20.0 Å². The predicted octanol–water partition coefficient (Wildman–Crippen LogP) is 0.831. The fourth-order valence-electron chi connectivity index (χ4n) is 1.63. The third-order valence-electron chi connectivity index (χ3n) is 2.35. The van der Waals surface area contributed by atoms with E-state index in [4.69, 9.17) is 10.5 Å². The quantitative estimate of drug-likeness (QED) is 0.774. The molecule has 0 fully saturated rings. The van der Waals surface area contributed by atoms with Crippen LogP contribution in [0.4, 0.5) is 0 Å². The number of aliphatic hydroxyl groups excluding tert-OH is 1. The first-order chi connectivity index (χ1) is 6.97. The van der Waals surface area contributed by atoms with Crippen LogP contribution in [0.1, 0.15) is 22.8 Å². The molecule has 1 amide bonds. The molecule has 1 rings (SSSR count). The van der Waals surface area contributed by atoms with E-state index in [0.717, 1.165) is 11.1 Å². The SMILES string of the molecule is COc1cc(C)c(C(O)C(N)=O)c(C)c1. The van der Waals surface area contributed by atoms with E-state index in [1.165, 1.54) is 0 Å². The van der Waals surface area contributed by atoms with Gasteiger partial charge in [0.15, 0.2) is 6.10 Å². The molecule has 0 aliphatic heterocycles. The maximum Gasteiger partial charge on any atom is 0.250 e. The normalized spacial score (nSPS) is 12.3. The molecule has 1 aromatic rings. The number of benzene rings is 1. The van der Waals surface area contributed by atoms with Crippen LogP contribution in [0, 0.1) is 13.8 Å². The van der Waals surface area contributed by atoms with Gasteiger partial charge in [0.1, 0.15) is 5.75 Å². The Morgan fingerprint density at radius 2 is 1.87 bits per heavy atom. The molecule has 0 bridgehead atoms. The summed E-state index contributed by atoms with van der Waals surface area (Å²) in [4.78, 5) is 10.9. The van der Waals surface area contributed by atoms with Crippen LogP contribution in [-0.2, 0) is 4.79 Å². The second kappa shape index (κ2) is 4.31. The minimum absolute atomic E-state index is 0.559. The number of nitrogens with two attached hydrogens (primary N) is 1. The van der Waals surface area contributed by atoms with Gasteiger partial charge < -0.3 is 15.6 Å². The smallest absolute Gasteiger partial charge is 0.250 e. The Hall–Kier alpha value is -1.55. The number of hydrogen-bond donors (Lipinski definition) is 2. The Kier molecular flexibility index (Phi) is 3.31. The molecule has 0 radical (unpaired) electrons. The largest absolute Gasteiger partial charge is 0.497 e. The second-order valence-electron chi connectivity index (χ2n) is 3.48. The first kappa shape index (κ1) is 11.5. The van der Waals surface area contributed by atoms with Gasteiger partial charge in [-0.15, -0.1) is 0 Å². The van der Waals surface area contributed by atoms with E-state index in [1.54, 1.807) is 33.1 Å². The number of aliphatic hydroxyl groups is 1. The molecule has 1 unspecified atom stereocenters. The van der Waals surface area contributed by atoms with Gasteiger partial charge in [-0.1, -0.05) is 0 Å². The van der Waals surface area contributed by atoms with E-state index >= 15 is 0 Å². The van der Waals surface area contributed by atoms with Crippen molar-refractivity contribution in [1.82, 2.24) is 0 Å². The summed E-state index contributed by atoms with van der Waals surface area (Å²) in [7, 11) is 1.57. The monoisotopic (exact) mass is 209 g/mol. The maximum absolute atomic E-state index is 10.9. The molecular weight excluding hydrogens is 194 g/mol. The average Bonchev–Trinajstić information content (AvgIpc) is 2.16. The number of aryl methyl sites for hydroxylation is 2. The lowest BCUT2D eigenvalue weighted by Crippen LogP contribution is -2.22. The third kappa shape index (κ3) is 2.27. The summed E-state index contributed by atoms with van der Waals surface area (Å²) >= 11 is 0. The summed E-state index contributed by atoms with van der Waals surface area (Å²) in [6.07, 6.45) is -1.25. The zero-order valence-electron chi connectivity index (χ0n) is 9.07. The number of ether oxygens (including phenoxy) is 1. The highest BCUT2D eigenvalue weighted by atomic mass is 16.5. The molecule has 1 aromatic carbocycles. The van der Waals surface area contributed by atoms with E-state index in [9.17, 15) is 9.90 Å². The van der Waals surface area contributed by atoms with Crippen LogP contribution in [0.15, 0.2) is 12.1 Å². The zero-order valence-corrected chi connectivity index (χ0v) is 9.07. The Labute approximate surface area is 88.7 Å². The van der Waals surface area contributed by atoms with Crippen LogP contribution in [0.3, 0.4) is 0 Å². The fourth-order valence-corrected chi connectivity index (χ4v) is 1.63. The molecular formula is C11H15NO3. The topological polar surface area (TPSA) is 72.6 Å². The molecule has 4 nitrogen and oxygen atoms in total. The van der Waals surface area contributed by atoms with E-state index < -0.39 is 12.0 Å². The Morgan fingerprint density at radius 3 is 2.20 bits per heavy atom. The number of carbonyl (C=O) groups is 1. The summed E-state index contributed by atoms with van der Waals surface area (Å²) in [5.74, 6) is -0.0446. The number of carbonyl (C=O) groups excluding carboxylic acids is 1. The van der Waals surface area contributed by atoms with Gasteiger partial charge in [0.25, 0.3) is 5.91 Å². The third-order valence-corrected chi connectivity index (χ3v) is 2.35. The van der Waals surface area contributed by atoms with Gasteiger partial charge >= 0.3 is 0 Å². The van der Waals surface area contributed by atoms with E-state index in [1.807, 2.05) is 0 Å². The maximum atomic E-state index is 10.9. The average molecular weight is 209 g/mol. The van der Waals surface area contributed by atoms with Crippen LogP contribution in [-0.4, -0.2) is 18.1 Å². The number of hydrogen-bond acceptors (Lipinski definition) is 3. The molecule has 15 heavy (non-hydrogen) atoms. The van der Waals surface area contributed by atoms with Crippen molar-refractivity contribution < 1.29 is 14.6 Å². The molecule has 0 saturated carbocycles. The minimum Gasteiger partial charge on any atom is -0.497 e. The van der Waals surface area contributed by atoms with Gasteiger partial charge in [-0.2, -0.15) is 0 Å². The van der Waals surface area contributed by atoms with Gasteiger partial charge in [0.05, 0.1) is 7.11 Å². The lowest BCUT2D eigenvalue weighted by atomic mass is 9.97. The standard InChI is InChI=1S/C11H15NO3/c1-6-4-8(15-3)5-7(2)9(6)10(13)11(12)14/h4-5,10,13H,1-3H3,(H2,12,14). The Balaban J connectivity index is 3.25.